The summed E-state index contributed by atoms with van der Waals surface area (Å²) in [7, 11) is 3.40. The van der Waals surface area contributed by atoms with Crippen molar-refractivity contribution in [3.63, 3.8) is 0 Å². The Morgan fingerprint density at radius 2 is 1.81 bits per heavy atom. The molecular formula is C18H31IN4O3. The summed E-state index contributed by atoms with van der Waals surface area (Å²) in [5, 5.41) is 9.27. The number of methoxy groups -OCH3 is 1. The zero-order valence-corrected chi connectivity index (χ0v) is 18.2. The molecule has 7 nitrogen and oxygen atoms in total. The van der Waals surface area contributed by atoms with Crippen LogP contribution in [0, 0.1) is 0 Å². The lowest BCUT2D eigenvalue weighted by Crippen LogP contribution is -2.37. The Bertz CT molecular complexity index is 524. The van der Waals surface area contributed by atoms with Crippen molar-refractivity contribution in [2.24, 2.45) is 4.99 Å². The summed E-state index contributed by atoms with van der Waals surface area (Å²) < 4.78 is 10.3. The summed E-state index contributed by atoms with van der Waals surface area (Å²) in [5.41, 5.74) is 1.75. The third-order valence-electron chi connectivity index (χ3n) is 3.43. The highest BCUT2D eigenvalue weighted by atomic mass is 127. The average Bonchev–Trinajstić information content (AvgIpc) is 2.64. The maximum Gasteiger partial charge on any atom is 0.251 e. The van der Waals surface area contributed by atoms with Crippen molar-refractivity contribution >= 4 is 35.8 Å². The number of halogens is 1. The Morgan fingerprint density at radius 1 is 1.08 bits per heavy atom. The molecule has 1 rings (SSSR count). The van der Waals surface area contributed by atoms with E-state index in [1.807, 2.05) is 31.2 Å². The highest BCUT2D eigenvalue weighted by Crippen LogP contribution is 2.04. The number of rotatable bonds is 11. The van der Waals surface area contributed by atoms with E-state index in [1.165, 1.54) is 0 Å². The predicted octanol–water partition coefficient (Wildman–Crippen LogP) is 1.77. The third kappa shape index (κ3) is 10.6. The molecule has 1 amide bonds. The van der Waals surface area contributed by atoms with Gasteiger partial charge in [0.25, 0.3) is 5.91 Å². The van der Waals surface area contributed by atoms with Crippen LogP contribution >= 0.6 is 24.0 Å². The minimum absolute atomic E-state index is 0. The topological polar surface area (TPSA) is 84.0 Å². The first-order valence-corrected chi connectivity index (χ1v) is 8.59. The van der Waals surface area contributed by atoms with Crippen molar-refractivity contribution in [1.29, 1.82) is 0 Å². The lowest BCUT2D eigenvalue weighted by Gasteiger charge is -2.12. The van der Waals surface area contributed by atoms with Gasteiger partial charge in [-0.05, 0) is 31.0 Å². The number of aliphatic imine (C=N–C) groups is 1. The van der Waals surface area contributed by atoms with E-state index in [0.717, 1.165) is 24.5 Å². The van der Waals surface area contributed by atoms with Crippen LogP contribution in [-0.4, -0.2) is 58.9 Å². The van der Waals surface area contributed by atoms with Gasteiger partial charge in [-0.3, -0.25) is 9.79 Å². The molecule has 0 atom stereocenters. The number of hydrogen-bond acceptors (Lipinski definition) is 4. The third-order valence-corrected chi connectivity index (χ3v) is 3.43. The molecule has 3 N–H and O–H groups in total. The Hall–Kier alpha value is -1.39. The number of nitrogens with one attached hydrogen (secondary N) is 3. The molecule has 1 aromatic rings. The zero-order chi connectivity index (χ0) is 18.3. The van der Waals surface area contributed by atoms with Crippen molar-refractivity contribution in [2.45, 2.75) is 19.9 Å². The molecule has 0 spiro atoms. The maximum absolute atomic E-state index is 11.7. The average molecular weight is 478 g/mol. The van der Waals surface area contributed by atoms with Gasteiger partial charge in [0.05, 0.1) is 13.2 Å². The SMILES string of the molecule is CCNC(=O)c1ccc(CNC(=NC)NCCCOCCOC)cc1.I. The molecule has 0 unspecified atom stereocenters. The number of benzene rings is 1. The molecule has 0 bridgehead atoms. The Labute approximate surface area is 173 Å². The van der Waals surface area contributed by atoms with Crippen LogP contribution in [0.4, 0.5) is 0 Å². The maximum atomic E-state index is 11.7. The predicted molar refractivity (Wildman–Crippen MR) is 115 cm³/mol. The molecule has 0 aliphatic rings. The number of amides is 1. The molecule has 0 saturated heterocycles. The normalized spacial score (nSPS) is 10.8. The molecule has 1 aromatic carbocycles. The number of hydrogen-bond donors (Lipinski definition) is 3. The zero-order valence-electron chi connectivity index (χ0n) is 15.8. The molecule has 8 heteroatoms. The molecule has 148 valence electrons. The number of ether oxygens (including phenoxy) is 2. The van der Waals surface area contributed by atoms with Gasteiger partial charge in [-0.2, -0.15) is 0 Å². The van der Waals surface area contributed by atoms with Gasteiger partial charge in [-0.15, -0.1) is 24.0 Å². The Balaban J connectivity index is 0.00000625. The molecule has 0 fully saturated rings. The second kappa shape index (κ2) is 15.8. The summed E-state index contributed by atoms with van der Waals surface area (Å²) in [4.78, 5) is 15.9. The first-order valence-electron chi connectivity index (χ1n) is 8.59. The molecule has 0 saturated carbocycles. The van der Waals surface area contributed by atoms with E-state index in [4.69, 9.17) is 9.47 Å². The standard InChI is InChI=1S/C18H30N4O3.HI/c1-4-20-17(23)16-8-6-15(7-9-16)14-22-18(19-2)21-10-5-11-25-13-12-24-3;/h6-9H,4-5,10-14H2,1-3H3,(H,20,23)(H2,19,21,22);1H. The molecule has 0 heterocycles. The largest absolute Gasteiger partial charge is 0.382 e. The molecule has 0 aliphatic carbocycles. The van der Waals surface area contributed by atoms with Gasteiger partial charge in [0.15, 0.2) is 5.96 Å². The number of nitrogens with zero attached hydrogens (tertiary/aromatic N) is 1. The van der Waals surface area contributed by atoms with E-state index in [-0.39, 0.29) is 29.9 Å². The lowest BCUT2D eigenvalue weighted by atomic mass is 10.1. The lowest BCUT2D eigenvalue weighted by molar-refractivity contribution is 0.0698. The van der Waals surface area contributed by atoms with Gasteiger partial charge in [0.2, 0.25) is 0 Å². The van der Waals surface area contributed by atoms with E-state index in [1.54, 1.807) is 14.2 Å². The van der Waals surface area contributed by atoms with Gasteiger partial charge in [0, 0.05) is 46.0 Å². The van der Waals surface area contributed by atoms with Gasteiger partial charge in [0.1, 0.15) is 0 Å². The van der Waals surface area contributed by atoms with Crippen LogP contribution < -0.4 is 16.0 Å². The van der Waals surface area contributed by atoms with Crippen LogP contribution in [0.3, 0.4) is 0 Å². The van der Waals surface area contributed by atoms with Crippen LogP contribution in [0.25, 0.3) is 0 Å². The number of carbonyl (C=O) groups excluding carboxylic acids is 1. The van der Waals surface area contributed by atoms with Crippen LogP contribution in [0.1, 0.15) is 29.3 Å². The summed E-state index contributed by atoms with van der Waals surface area (Å²) in [6.45, 7) is 5.88. The fourth-order valence-electron chi connectivity index (χ4n) is 2.07. The van der Waals surface area contributed by atoms with E-state index >= 15 is 0 Å². The van der Waals surface area contributed by atoms with E-state index in [2.05, 4.69) is 20.9 Å². The number of guanidine groups is 1. The second-order valence-corrected chi connectivity index (χ2v) is 5.37. The van der Waals surface area contributed by atoms with Crippen molar-refractivity contribution in [1.82, 2.24) is 16.0 Å². The summed E-state index contributed by atoms with van der Waals surface area (Å²) in [6.07, 6.45) is 0.894. The molecule has 0 aromatic heterocycles. The fourth-order valence-corrected chi connectivity index (χ4v) is 2.07. The first kappa shape index (κ1) is 24.6. The van der Waals surface area contributed by atoms with E-state index in [0.29, 0.717) is 38.5 Å². The van der Waals surface area contributed by atoms with Gasteiger partial charge < -0.3 is 25.4 Å². The van der Waals surface area contributed by atoms with Gasteiger partial charge in [-0.1, -0.05) is 12.1 Å². The summed E-state index contributed by atoms with van der Waals surface area (Å²) in [5.74, 6) is 0.692. The minimum Gasteiger partial charge on any atom is -0.382 e. The molecule has 0 radical (unpaired) electrons. The highest BCUT2D eigenvalue weighted by molar-refractivity contribution is 14.0. The van der Waals surface area contributed by atoms with Crippen molar-refractivity contribution in [3.05, 3.63) is 35.4 Å². The van der Waals surface area contributed by atoms with Crippen LogP contribution in [0.2, 0.25) is 0 Å². The fraction of sp³-hybridized carbons (Fsp3) is 0.556. The summed E-state index contributed by atoms with van der Waals surface area (Å²) in [6, 6.07) is 7.54. The minimum atomic E-state index is -0.0489. The number of carbonyl (C=O) groups is 1. The van der Waals surface area contributed by atoms with E-state index < -0.39 is 0 Å². The Kier molecular flexibility index (Phi) is 15.0. The van der Waals surface area contributed by atoms with Crippen LogP contribution in [0.5, 0.6) is 0 Å². The van der Waals surface area contributed by atoms with Gasteiger partial charge >= 0.3 is 0 Å². The smallest absolute Gasteiger partial charge is 0.251 e. The van der Waals surface area contributed by atoms with Crippen LogP contribution in [0.15, 0.2) is 29.3 Å². The van der Waals surface area contributed by atoms with Gasteiger partial charge in [-0.25, -0.2) is 0 Å². The molecule has 26 heavy (non-hydrogen) atoms. The molecular weight excluding hydrogens is 447 g/mol. The van der Waals surface area contributed by atoms with E-state index in [9.17, 15) is 4.79 Å². The molecule has 0 aliphatic heterocycles. The Morgan fingerprint density at radius 3 is 2.42 bits per heavy atom. The second-order valence-electron chi connectivity index (χ2n) is 5.37. The highest BCUT2D eigenvalue weighted by Gasteiger charge is 2.04. The summed E-state index contributed by atoms with van der Waals surface area (Å²) >= 11 is 0. The monoisotopic (exact) mass is 478 g/mol. The van der Waals surface area contributed by atoms with Crippen molar-refractivity contribution in [3.8, 4) is 0 Å². The van der Waals surface area contributed by atoms with Crippen LogP contribution in [-0.2, 0) is 16.0 Å². The quantitative estimate of drug-likeness (QED) is 0.196. The van der Waals surface area contributed by atoms with Crippen molar-refractivity contribution in [2.75, 3.05) is 47.1 Å². The first-order chi connectivity index (χ1) is 12.2. The van der Waals surface area contributed by atoms with Crippen molar-refractivity contribution < 1.29 is 14.3 Å².